The molecular formula is C25H31NO3. The van der Waals surface area contributed by atoms with E-state index in [0.717, 1.165) is 48.1 Å². The van der Waals surface area contributed by atoms with Crippen LogP contribution in [0.25, 0.3) is 4.85 Å². The first-order chi connectivity index (χ1) is 14.1. The average molecular weight is 394 g/mol. The molecule has 3 rings (SSSR count). The fraction of sp³-hybridized carbons (Fsp3) is 0.480. The van der Waals surface area contributed by atoms with Crippen LogP contribution in [0.1, 0.15) is 61.3 Å². The summed E-state index contributed by atoms with van der Waals surface area (Å²) >= 11 is 0. The Morgan fingerprint density at radius 3 is 2.62 bits per heavy atom. The quantitative estimate of drug-likeness (QED) is 0.626. The van der Waals surface area contributed by atoms with E-state index in [1.165, 1.54) is 0 Å². The first kappa shape index (κ1) is 21.4. The second-order valence-electron chi connectivity index (χ2n) is 8.07. The lowest BCUT2D eigenvalue weighted by atomic mass is 9.82. The largest absolute Gasteiger partial charge is 0.497 e. The van der Waals surface area contributed by atoms with E-state index >= 15 is 0 Å². The SMILES string of the molecule is [C-]#[N+][C@@H]1C[C@@H](O)C(c2ccc(C(O)CCCC)cc2)C1Cc1cccc(OC)c1. The summed E-state index contributed by atoms with van der Waals surface area (Å²) in [5.41, 5.74) is 3.08. The maximum absolute atomic E-state index is 10.8. The average Bonchev–Trinajstić information content (AvgIpc) is 3.07. The first-order valence-electron chi connectivity index (χ1n) is 10.5. The minimum absolute atomic E-state index is 0.0467. The predicted molar refractivity (Wildman–Crippen MR) is 115 cm³/mol. The Bertz CT molecular complexity index is 827. The molecular weight excluding hydrogens is 362 g/mol. The maximum Gasteiger partial charge on any atom is 0.230 e. The van der Waals surface area contributed by atoms with Crippen LogP contribution in [0.2, 0.25) is 0 Å². The molecule has 2 aromatic carbocycles. The van der Waals surface area contributed by atoms with Crippen LogP contribution >= 0.6 is 0 Å². The van der Waals surface area contributed by atoms with Gasteiger partial charge in [0.05, 0.1) is 19.3 Å². The Morgan fingerprint density at radius 2 is 1.97 bits per heavy atom. The van der Waals surface area contributed by atoms with Crippen LogP contribution in [-0.2, 0) is 6.42 Å². The molecule has 4 heteroatoms. The van der Waals surface area contributed by atoms with Gasteiger partial charge in [-0.25, -0.2) is 6.57 Å². The highest BCUT2D eigenvalue weighted by atomic mass is 16.5. The molecule has 3 unspecified atom stereocenters. The van der Waals surface area contributed by atoms with Crippen molar-refractivity contribution in [1.82, 2.24) is 0 Å². The van der Waals surface area contributed by atoms with Gasteiger partial charge in [-0.2, -0.15) is 0 Å². The topological polar surface area (TPSA) is 54.0 Å². The van der Waals surface area contributed by atoms with E-state index < -0.39 is 12.2 Å². The Balaban J connectivity index is 1.82. The molecule has 0 radical (unpaired) electrons. The van der Waals surface area contributed by atoms with Crippen molar-refractivity contribution >= 4 is 0 Å². The van der Waals surface area contributed by atoms with Gasteiger partial charge in [-0.05, 0) is 41.7 Å². The fourth-order valence-electron chi connectivity index (χ4n) is 4.55. The molecule has 0 aromatic heterocycles. The number of unbranched alkanes of at least 4 members (excludes halogenated alkanes) is 1. The summed E-state index contributed by atoms with van der Waals surface area (Å²) < 4.78 is 5.34. The summed E-state index contributed by atoms with van der Waals surface area (Å²) in [6.45, 7) is 9.75. The predicted octanol–water partition coefficient (Wildman–Crippen LogP) is 4.91. The second-order valence-corrected chi connectivity index (χ2v) is 8.07. The molecule has 0 aliphatic heterocycles. The summed E-state index contributed by atoms with van der Waals surface area (Å²) in [4.78, 5) is 3.83. The number of benzene rings is 2. The molecule has 2 N–H and O–H groups in total. The van der Waals surface area contributed by atoms with Gasteiger partial charge in [-0.15, -0.1) is 0 Å². The molecule has 29 heavy (non-hydrogen) atoms. The normalized spacial score (nSPS) is 24.8. The third-order valence-corrected chi connectivity index (χ3v) is 6.16. The number of rotatable bonds is 8. The van der Waals surface area contributed by atoms with Crippen LogP contribution in [0.15, 0.2) is 48.5 Å². The molecule has 1 aliphatic carbocycles. The number of nitrogens with zero attached hydrogens (tertiary/aromatic N) is 1. The van der Waals surface area contributed by atoms with E-state index in [2.05, 4.69) is 17.8 Å². The van der Waals surface area contributed by atoms with E-state index in [0.29, 0.717) is 6.42 Å². The third kappa shape index (κ3) is 4.98. The lowest BCUT2D eigenvalue weighted by Crippen LogP contribution is -2.21. The minimum atomic E-state index is -0.527. The Labute approximate surface area is 174 Å². The zero-order valence-electron chi connectivity index (χ0n) is 17.3. The van der Waals surface area contributed by atoms with Gasteiger partial charge in [-0.1, -0.05) is 56.2 Å². The zero-order valence-corrected chi connectivity index (χ0v) is 17.3. The van der Waals surface area contributed by atoms with Gasteiger partial charge in [0.15, 0.2) is 0 Å². The first-order valence-corrected chi connectivity index (χ1v) is 10.5. The van der Waals surface area contributed by atoms with Crippen molar-refractivity contribution in [2.45, 2.75) is 63.2 Å². The van der Waals surface area contributed by atoms with Gasteiger partial charge >= 0.3 is 0 Å². The fourth-order valence-corrected chi connectivity index (χ4v) is 4.55. The summed E-state index contributed by atoms with van der Waals surface area (Å²) in [6.07, 6.45) is 3.09. The van der Waals surface area contributed by atoms with Crippen LogP contribution in [0, 0.1) is 12.5 Å². The van der Waals surface area contributed by atoms with E-state index in [-0.39, 0.29) is 17.9 Å². The highest BCUT2D eigenvalue weighted by Crippen LogP contribution is 2.44. The van der Waals surface area contributed by atoms with Crippen molar-refractivity contribution < 1.29 is 14.9 Å². The molecule has 4 nitrogen and oxygen atoms in total. The molecule has 1 aliphatic rings. The molecule has 0 bridgehead atoms. The zero-order chi connectivity index (χ0) is 20.8. The molecule has 0 heterocycles. The van der Waals surface area contributed by atoms with Crippen molar-refractivity contribution in [3.05, 3.63) is 76.6 Å². The lowest BCUT2D eigenvalue weighted by molar-refractivity contribution is 0.154. The van der Waals surface area contributed by atoms with Crippen molar-refractivity contribution in [3.63, 3.8) is 0 Å². The molecule has 0 spiro atoms. The number of aliphatic hydroxyl groups is 2. The van der Waals surface area contributed by atoms with Gasteiger partial charge in [0.1, 0.15) is 5.75 Å². The lowest BCUT2D eigenvalue weighted by Gasteiger charge is -2.23. The van der Waals surface area contributed by atoms with E-state index in [9.17, 15) is 10.2 Å². The number of hydrogen-bond donors (Lipinski definition) is 2. The van der Waals surface area contributed by atoms with Gasteiger partial charge in [0.25, 0.3) is 0 Å². The Morgan fingerprint density at radius 1 is 1.21 bits per heavy atom. The standard InChI is InChI=1S/C25H31NO3/c1-4-5-9-23(27)18-10-12-19(13-11-18)25-21(22(26-2)16-24(25)28)15-17-7-6-8-20(14-17)29-3/h6-8,10-14,21-25,27-28H,4-5,9,15-16H2,1,3H3/t21?,22-,23?,24-,25?/m1/s1. The summed E-state index contributed by atoms with van der Waals surface area (Å²) in [7, 11) is 1.65. The van der Waals surface area contributed by atoms with Crippen molar-refractivity contribution in [3.8, 4) is 5.75 Å². The van der Waals surface area contributed by atoms with Crippen molar-refractivity contribution in [2.24, 2.45) is 5.92 Å². The van der Waals surface area contributed by atoms with E-state index in [4.69, 9.17) is 11.3 Å². The molecule has 0 saturated heterocycles. The molecule has 1 fully saturated rings. The minimum Gasteiger partial charge on any atom is -0.497 e. The van der Waals surface area contributed by atoms with Crippen LogP contribution in [0.4, 0.5) is 0 Å². The molecule has 154 valence electrons. The summed E-state index contributed by atoms with van der Waals surface area (Å²) in [5, 5.41) is 21.1. The van der Waals surface area contributed by atoms with Gasteiger partial charge < -0.3 is 19.8 Å². The Hall–Kier alpha value is -2.35. The molecule has 1 saturated carbocycles. The number of methoxy groups -OCH3 is 1. The number of aliphatic hydroxyl groups excluding tert-OH is 2. The number of ether oxygens (including phenoxy) is 1. The van der Waals surface area contributed by atoms with Crippen molar-refractivity contribution in [1.29, 1.82) is 0 Å². The maximum atomic E-state index is 10.8. The second kappa shape index (κ2) is 9.91. The third-order valence-electron chi connectivity index (χ3n) is 6.16. The Kier molecular flexibility index (Phi) is 7.30. The van der Waals surface area contributed by atoms with Gasteiger partial charge in [0.2, 0.25) is 6.04 Å². The summed E-state index contributed by atoms with van der Waals surface area (Å²) in [6, 6.07) is 15.7. The summed E-state index contributed by atoms with van der Waals surface area (Å²) in [5.74, 6) is 0.773. The van der Waals surface area contributed by atoms with Crippen LogP contribution in [0.5, 0.6) is 5.75 Å². The van der Waals surface area contributed by atoms with E-state index in [1.54, 1.807) is 7.11 Å². The molecule has 5 atom stereocenters. The van der Waals surface area contributed by atoms with Crippen LogP contribution < -0.4 is 4.74 Å². The smallest absolute Gasteiger partial charge is 0.230 e. The highest BCUT2D eigenvalue weighted by molar-refractivity contribution is 5.33. The monoisotopic (exact) mass is 393 g/mol. The van der Waals surface area contributed by atoms with Gasteiger partial charge in [-0.3, -0.25) is 0 Å². The van der Waals surface area contributed by atoms with Crippen LogP contribution in [0.3, 0.4) is 0 Å². The number of hydrogen-bond acceptors (Lipinski definition) is 3. The molecule has 0 amide bonds. The van der Waals surface area contributed by atoms with Crippen molar-refractivity contribution in [2.75, 3.05) is 7.11 Å². The van der Waals surface area contributed by atoms with Gasteiger partial charge in [0, 0.05) is 18.3 Å². The highest BCUT2D eigenvalue weighted by Gasteiger charge is 2.47. The van der Waals surface area contributed by atoms with Crippen LogP contribution in [-0.4, -0.2) is 29.5 Å². The van der Waals surface area contributed by atoms with E-state index in [1.807, 2.05) is 42.5 Å². The molecule has 2 aromatic rings.